The van der Waals surface area contributed by atoms with Crippen LogP contribution < -0.4 is 4.74 Å². The zero-order chi connectivity index (χ0) is 16.1. The van der Waals surface area contributed by atoms with Gasteiger partial charge in [0.25, 0.3) is 0 Å². The van der Waals surface area contributed by atoms with Crippen LogP contribution in [0.3, 0.4) is 0 Å². The average Bonchev–Trinajstić information content (AvgIpc) is 2.62. The largest absolute Gasteiger partial charge is 0.606 e. The van der Waals surface area contributed by atoms with Gasteiger partial charge in [-0.3, -0.25) is 0 Å². The second-order valence-electron chi connectivity index (χ2n) is 7.05. The Kier molecular flexibility index (Phi) is 4.51. The molecule has 1 heterocycles. The minimum absolute atomic E-state index is 0.0178. The molecule has 3 nitrogen and oxygen atoms in total. The van der Waals surface area contributed by atoms with E-state index in [1.807, 2.05) is 0 Å². The molecule has 2 unspecified atom stereocenters. The molecule has 0 amide bonds. The number of hydrogen-bond donors (Lipinski definition) is 0. The molecule has 0 spiro atoms. The molecule has 5 heteroatoms. The quantitative estimate of drug-likeness (QED) is 0.615. The van der Waals surface area contributed by atoms with Crippen LogP contribution in [0.2, 0.25) is 13.1 Å². The lowest BCUT2D eigenvalue weighted by Gasteiger charge is -2.26. The van der Waals surface area contributed by atoms with Crippen molar-refractivity contribution in [1.82, 2.24) is 0 Å². The minimum Gasteiger partial charge on any atom is -0.606 e. The van der Waals surface area contributed by atoms with Gasteiger partial charge in [-0.05, 0) is 56.0 Å². The summed E-state index contributed by atoms with van der Waals surface area (Å²) in [6.45, 7) is 17.0. The van der Waals surface area contributed by atoms with E-state index in [1.165, 1.54) is 11.1 Å². The fourth-order valence-corrected chi connectivity index (χ4v) is 5.87. The second kappa shape index (κ2) is 5.61. The molecule has 0 fully saturated rings. The normalized spacial score (nSPS) is 21.6. The van der Waals surface area contributed by atoms with Gasteiger partial charge in [0.2, 0.25) is 4.90 Å². The van der Waals surface area contributed by atoms with Crippen molar-refractivity contribution in [3.8, 4) is 5.75 Å². The van der Waals surface area contributed by atoms with E-state index in [2.05, 4.69) is 54.6 Å². The summed E-state index contributed by atoms with van der Waals surface area (Å²) in [7, 11) is -1.30. The van der Waals surface area contributed by atoms with Crippen LogP contribution in [0.25, 0.3) is 0 Å². The van der Waals surface area contributed by atoms with Crippen molar-refractivity contribution in [2.45, 2.75) is 70.6 Å². The molecule has 0 aromatic heterocycles. The van der Waals surface area contributed by atoms with E-state index >= 15 is 0 Å². The maximum Gasteiger partial charge on any atom is 0.365 e. The summed E-state index contributed by atoms with van der Waals surface area (Å²) in [5.41, 5.74) is 4.08. The van der Waals surface area contributed by atoms with Crippen LogP contribution in [-0.4, -0.2) is 19.2 Å². The standard InChI is InChI=1S/C16H26O3SSi/c1-9-10(2)13-14(11(3)12(9)16(4,5)6)20(17)15(18-13)19-21(7)8/h15,21H,1-8H3. The topological polar surface area (TPSA) is 41.5 Å². The zero-order valence-corrected chi connectivity index (χ0v) is 16.3. The molecule has 118 valence electrons. The first kappa shape index (κ1) is 16.9. The van der Waals surface area contributed by atoms with E-state index in [9.17, 15) is 4.55 Å². The monoisotopic (exact) mass is 326 g/mol. The van der Waals surface area contributed by atoms with E-state index in [4.69, 9.17) is 9.16 Å². The highest BCUT2D eigenvalue weighted by Crippen LogP contribution is 2.46. The molecule has 0 N–H and O–H groups in total. The smallest absolute Gasteiger partial charge is 0.365 e. The van der Waals surface area contributed by atoms with Gasteiger partial charge in [-0.15, -0.1) is 0 Å². The first-order chi connectivity index (χ1) is 9.55. The van der Waals surface area contributed by atoms with Crippen molar-refractivity contribution in [1.29, 1.82) is 0 Å². The van der Waals surface area contributed by atoms with Gasteiger partial charge >= 0.3 is 5.62 Å². The van der Waals surface area contributed by atoms with Gasteiger partial charge in [0, 0.05) is 5.56 Å². The molecule has 1 aromatic rings. The molecule has 21 heavy (non-hydrogen) atoms. The van der Waals surface area contributed by atoms with Crippen molar-refractivity contribution in [2.24, 2.45) is 0 Å². The summed E-state index contributed by atoms with van der Waals surface area (Å²) in [6.07, 6.45) is 0. The molecule has 0 aliphatic carbocycles. The highest BCUT2D eigenvalue weighted by molar-refractivity contribution is 7.92. The molecule has 0 bridgehead atoms. The van der Waals surface area contributed by atoms with E-state index in [-0.39, 0.29) is 5.41 Å². The molecule has 1 aliphatic heterocycles. The predicted molar refractivity (Wildman–Crippen MR) is 90.1 cm³/mol. The minimum atomic E-state index is -1.30. The van der Waals surface area contributed by atoms with Crippen LogP contribution in [0.5, 0.6) is 5.75 Å². The highest BCUT2D eigenvalue weighted by Gasteiger charge is 2.44. The predicted octanol–water partition coefficient (Wildman–Crippen LogP) is 3.69. The molecule has 2 rings (SSSR count). The lowest BCUT2D eigenvalue weighted by Crippen LogP contribution is -2.29. The third-order valence-corrected chi connectivity index (χ3v) is 6.36. The zero-order valence-electron chi connectivity index (χ0n) is 14.3. The number of fused-ring (bicyclic) bond motifs is 1. The first-order valence-electron chi connectivity index (χ1n) is 7.42. The Bertz CT molecular complexity index is 564. The van der Waals surface area contributed by atoms with E-state index in [0.29, 0.717) is 0 Å². The Balaban J connectivity index is 2.60. The molecular formula is C16H26O3SSi. The SMILES string of the molecule is Cc1c(C)c(C(C)(C)C)c(C)c2c1OC(O[SiH](C)C)[S+]2[O-]. The van der Waals surface area contributed by atoms with Gasteiger partial charge in [-0.25, -0.2) is 0 Å². The average molecular weight is 327 g/mol. The van der Waals surface area contributed by atoms with Gasteiger partial charge < -0.3 is 13.7 Å². The van der Waals surface area contributed by atoms with E-state index in [0.717, 1.165) is 21.8 Å². The lowest BCUT2D eigenvalue weighted by molar-refractivity contribution is 0.0818. The van der Waals surface area contributed by atoms with Crippen LogP contribution in [-0.2, 0) is 21.0 Å². The van der Waals surface area contributed by atoms with Gasteiger partial charge in [-0.1, -0.05) is 20.8 Å². The van der Waals surface area contributed by atoms with Crippen molar-refractivity contribution >= 4 is 20.2 Å². The molecule has 0 saturated heterocycles. The van der Waals surface area contributed by atoms with Crippen molar-refractivity contribution < 1.29 is 13.7 Å². The van der Waals surface area contributed by atoms with Crippen molar-refractivity contribution in [3.05, 3.63) is 22.3 Å². The number of hydrogen-bond acceptors (Lipinski definition) is 3. The number of ether oxygens (including phenoxy) is 1. The van der Waals surface area contributed by atoms with Crippen LogP contribution in [0.4, 0.5) is 0 Å². The van der Waals surface area contributed by atoms with E-state index in [1.54, 1.807) is 0 Å². The molecule has 0 saturated carbocycles. The summed E-state index contributed by atoms with van der Waals surface area (Å²) in [5.74, 6) is 0.774. The van der Waals surface area contributed by atoms with Gasteiger partial charge in [-0.2, -0.15) is 0 Å². The summed E-state index contributed by atoms with van der Waals surface area (Å²) >= 11 is -1.24. The first-order valence-corrected chi connectivity index (χ1v) is 11.4. The molecule has 1 aromatic carbocycles. The third-order valence-electron chi connectivity index (χ3n) is 3.92. The molecule has 2 atom stereocenters. The van der Waals surface area contributed by atoms with Crippen molar-refractivity contribution in [3.63, 3.8) is 0 Å². The highest BCUT2D eigenvalue weighted by atomic mass is 32.2. The third kappa shape index (κ3) is 2.89. The van der Waals surface area contributed by atoms with Crippen LogP contribution in [0.15, 0.2) is 4.90 Å². The van der Waals surface area contributed by atoms with E-state index < -0.39 is 25.8 Å². The number of rotatable bonds is 2. The Labute approximate surface area is 132 Å². The summed E-state index contributed by atoms with van der Waals surface area (Å²) < 4.78 is 24.5. The Morgan fingerprint density at radius 1 is 1.10 bits per heavy atom. The van der Waals surface area contributed by atoms with Crippen LogP contribution in [0, 0.1) is 20.8 Å². The van der Waals surface area contributed by atoms with Gasteiger partial charge in [0.05, 0.1) is 11.2 Å². The fraction of sp³-hybridized carbons (Fsp3) is 0.625. The maximum atomic E-state index is 12.8. The molecular weight excluding hydrogens is 300 g/mol. The molecule has 1 aliphatic rings. The van der Waals surface area contributed by atoms with Gasteiger partial charge in [0.1, 0.15) is 0 Å². The Morgan fingerprint density at radius 3 is 2.14 bits per heavy atom. The maximum absolute atomic E-state index is 12.8. The van der Waals surface area contributed by atoms with Gasteiger partial charge in [0.15, 0.2) is 14.8 Å². The Hall–Kier alpha value is -0.493. The second-order valence-corrected chi connectivity index (χ2v) is 10.8. The number of benzene rings is 1. The summed E-state index contributed by atoms with van der Waals surface area (Å²) in [5, 5.41) is 0. The summed E-state index contributed by atoms with van der Waals surface area (Å²) in [6, 6.07) is 0. The summed E-state index contributed by atoms with van der Waals surface area (Å²) in [4.78, 5) is 0.836. The lowest BCUT2D eigenvalue weighted by atomic mass is 9.79. The van der Waals surface area contributed by atoms with Crippen LogP contribution >= 0.6 is 0 Å². The molecule has 0 radical (unpaired) electrons. The van der Waals surface area contributed by atoms with Crippen LogP contribution in [0.1, 0.15) is 43.0 Å². The Morgan fingerprint density at radius 2 is 1.67 bits per heavy atom. The van der Waals surface area contributed by atoms with Crippen molar-refractivity contribution in [2.75, 3.05) is 0 Å². The fourth-order valence-electron chi connectivity index (χ4n) is 3.14.